The fourth-order valence-corrected chi connectivity index (χ4v) is 4.09. The number of carbonyl (C=O) groups is 2. The molecule has 2 N–H and O–H groups in total. The molecule has 0 bridgehead atoms. The average Bonchev–Trinajstić information content (AvgIpc) is 3.08. The average molecular weight is 402 g/mol. The van der Waals surface area contributed by atoms with Gasteiger partial charge in [0.2, 0.25) is 11.8 Å². The van der Waals surface area contributed by atoms with Crippen LogP contribution in [0, 0.1) is 13.8 Å². The van der Waals surface area contributed by atoms with Crippen LogP contribution in [0.15, 0.2) is 36.5 Å². The van der Waals surface area contributed by atoms with Crippen LogP contribution in [-0.2, 0) is 16.0 Å². The Hall–Kier alpha value is -3.41. The first-order chi connectivity index (χ1) is 14.3. The summed E-state index contributed by atoms with van der Waals surface area (Å²) in [7, 11) is 1.83. The maximum Gasteiger partial charge on any atom is 0.246 e. The lowest BCUT2D eigenvalue weighted by molar-refractivity contribution is -0.126. The number of nitrogens with zero attached hydrogens (tertiary/aromatic N) is 2. The number of hydrogen-bond donors (Lipinski definition) is 2. The Kier molecular flexibility index (Phi) is 5.16. The van der Waals surface area contributed by atoms with Crippen LogP contribution in [0.1, 0.15) is 47.3 Å². The van der Waals surface area contributed by atoms with Crippen LogP contribution >= 0.6 is 0 Å². The van der Waals surface area contributed by atoms with Gasteiger partial charge >= 0.3 is 0 Å². The third-order valence-electron chi connectivity index (χ3n) is 5.91. The first-order valence-corrected chi connectivity index (χ1v) is 10.2. The molecule has 2 aromatic heterocycles. The van der Waals surface area contributed by atoms with Gasteiger partial charge in [-0.05, 0) is 56.0 Å². The molecule has 1 aliphatic rings. The number of para-hydroxylation sites is 1. The normalized spacial score (nSPS) is 14.6. The zero-order chi connectivity index (χ0) is 21.4. The van der Waals surface area contributed by atoms with Gasteiger partial charge < -0.3 is 15.2 Å². The number of rotatable bonds is 4. The predicted octanol–water partition coefficient (Wildman–Crippen LogP) is 4.30. The lowest BCUT2D eigenvalue weighted by atomic mass is 10.0. The summed E-state index contributed by atoms with van der Waals surface area (Å²) in [5.74, 6) is 0.535. The number of aryl methyl sites for hydroxylation is 3. The third-order valence-corrected chi connectivity index (χ3v) is 5.91. The van der Waals surface area contributed by atoms with Crippen LogP contribution in [0.25, 0.3) is 17.0 Å². The monoisotopic (exact) mass is 402 g/mol. The van der Waals surface area contributed by atoms with Gasteiger partial charge in [0.25, 0.3) is 0 Å². The van der Waals surface area contributed by atoms with Crippen LogP contribution < -0.4 is 5.32 Å². The van der Waals surface area contributed by atoms with E-state index >= 15 is 0 Å². The number of pyridine rings is 1. The van der Waals surface area contributed by atoms with Gasteiger partial charge in [-0.3, -0.25) is 9.59 Å². The molecule has 0 radical (unpaired) electrons. The van der Waals surface area contributed by atoms with E-state index in [0.29, 0.717) is 18.7 Å². The molecule has 154 valence electrons. The maximum atomic E-state index is 12.9. The molecule has 2 amide bonds. The van der Waals surface area contributed by atoms with E-state index in [9.17, 15) is 9.59 Å². The fourth-order valence-electron chi connectivity index (χ4n) is 4.09. The van der Waals surface area contributed by atoms with Gasteiger partial charge in [0.1, 0.15) is 5.82 Å². The van der Waals surface area contributed by atoms with Gasteiger partial charge in [0.15, 0.2) is 0 Å². The molecule has 1 aromatic carbocycles. The Labute approximate surface area is 176 Å². The summed E-state index contributed by atoms with van der Waals surface area (Å²) in [4.78, 5) is 33.8. The van der Waals surface area contributed by atoms with Crippen LogP contribution in [0.4, 0.5) is 5.82 Å². The minimum Gasteiger partial charge on any atom is -0.358 e. The SMILES string of the molecule is Cc1[nH]c2c(C)cccc2c1C(C)N(C)C(=O)/C=C/c1cnc2c(c1)CCC(=O)N2. The van der Waals surface area contributed by atoms with E-state index in [1.54, 1.807) is 23.2 Å². The lowest BCUT2D eigenvalue weighted by Crippen LogP contribution is -2.28. The third kappa shape index (κ3) is 3.61. The summed E-state index contributed by atoms with van der Waals surface area (Å²) in [5.41, 5.74) is 6.38. The van der Waals surface area contributed by atoms with Crippen molar-refractivity contribution in [3.8, 4) is 0 Å². The molecule has 1 aliphatic heterocycles. The van der Waals surface area contributed by atoms with Crippen molar-refractivity contribution in [2.24, 2.45) is 0 Å². The highest BCUT2D eigenvalue weighted by atomic mass is 16.2. The highest BCUT2D eigenvalue weighted by Crippen LogP contribution is 2.32. The van der Waals surface area contributed by atoms with Crippen molar-refractivity contribution in [3.63, 3.8) is 0 Å². The number of carbonyl (C=O) groups excluding carboxylic acids is 2. The topological polar surface area (TPSA) is 78.1 Å². The van der Waals surface area contributed by atoms with E-state index in [0.717, 1.165) is 33.3 Å². The molecule has 0 spiro atoms. The number of aromatic amines is 1. The summed E-state index contributed by atoms with van der Waals surface area (Å²) < 4.78 is 0. The van der Waals surface area contributed by atoms with Crippen molar-refractivity contribution >= 4 is 34.6 Å². The molecule has 0 aliphatic carbocycles. The molecule has 3 heterocycles. The summed E-state index contributed by atoms with van der Waals surface area (Å²) in [6, 6.07) is 8.14. The Morgan fingerprint density at radius 2 is 2.07 bits per heavy atom. The van der Waals surface area contributed by atoms with Gasteiger partial charge in [0, 0.05) is 47.9 Å². The minimum atomic E-state index is -0.0745. The van der Waals surface area contributed by atoms with Gasteiger partial charge in [0.05, 0.1) is 6.04 Å². The second-order valence-corrected chi connectivity index (χ2v) is 7.94. The van der Waals surface area contributed by atoms with Crippen molar-refractivity contribution in [2.75, 3.05) is 12.4 Å². The minimum absolute atomic E-state index is 0.00755. The van der Waals surface area contributed by atoms with Gasteiger partial charge in [-0.15, -0.1) is 0 Å². The standard InChI is InChI=1S/C24H26N4O2/c1-14-6-5-7-19-22(15(2)26-23(14)19)16(3)28(4)21(30)11-8-17-12-18-9-10-20(29)27-24(18)25-13-17/h5-8,11-13,16,26H,9-10H2,1-4H3,(H,25,27,29)/b11-8+. The Morgan fingerprint density at radius 1 is 1.27 bits per heavy atom. The molecule has 6 heteroatoms. The zero-order valence-corrected chi connectivity index (χ0v) is 17.7. The summed E-state index contributed by atoms with van der Waals surface area (Å²) >= 11 is 0. The molecule has 6 nitrogen and oxygen atoms in total. The molecule has 1 atom stereocenters. The maximum absolute atomic E-state index is 12.9. The number of likely N-dealkylation sites (N-methyl/N-ethyl adjacent to an activating group) is 1. The molecule has 4 rings (SSSR count). The molecule has 30 heavy (non-hydrogen) atoms. The van der Waals surface area contributed by atoms with Gasteiger partial charge in [-0.25, -0.2) is 4.98 Å². The van der Waals surface area contributed by atoms with E-state index in [1.807, 2.05) is 20.0 Å². The van der Waals surface area contributed by atoms with Crippen LogP contribution in [-0.4, -0.2) is 33.7 Å². The van der Waals surface area contributed by atoms with E-state index in [2.05, 4.69) is 47.3 Å². The number of hydrogen-bond acceptors (Lipinski definition) is 3. The number of nitrogens with one attached hydrogen (secondary N) is 2. The largest absolute Gasteiger partial charge is 0.358 e. The van der Waals surface area contributed by atoms with Gasteiger partial charge in [-0.2, -0.15) is 0 Å². The number of amides is 2. The molecule has 3 aromatic rings. The van der Waals surface area contributed by atoms with E-state index in [1.165, 1.54) is 5.56 Å². The highest BCUT2D eigenvalue weighted by Gasteiger charge is 2.22. The highest BCUT2D eigenvalue weighted by molar-refractivity contribution is 5.94. The Morgan fingerprint density at radius 3 is 2.87 bits per heavy atom. The molecule has 0 saturated heterocycles. The number of H-pyrrole nitrogens is 1. The second-order valence-electron chi connectivity index (χ2n) is 7.94. The van der Waals surface area contributed by atoms with Crippen molar-refractivity contribution < 1.29 is 9.59 Å². The van der Waals surface area contributed by atoms with Crippen molar-refractivity contribution in [3.05, 3.63) is 64.5 Å². The summed E-state index contributed by atoms with van der Waals surface area (Å²) in [6.45, 7) is 6.19. The molecule has 1 unspecified atom stereocenters. The van der Waals surface area contributed by atoms with E-state index in [-0.39, 0.29) is 17.9 Å². The van der Waals surface area contributed by atoms with Crippen molar-refractivity contribution in [1.29, 1.82) is 0 Å². The molecule has 0 saturated carbocycles. The second kappa shape index (κ2) is 7.78. The molecular formula is C24H26N4O2. The number of aromatic nitrogens is 2. The molecule has 0 fully saturated rings. The Bertz CT molecular complexity index is 1180. The quantitative estimate of drug-likeness (QED) is 0.639. The van der Waals surface area contributed by atoms with Crippen molar-refractivity contribution in [1.82, 2.24) is 14.9 Å². The first kappa shape index (κ1) is 19.9. The van der Waals surface area contributed by atoms with Gasteiger partial charge in [-0.1, -0.05) is 18.2 Å². The first-order valence-electron chi connectivity index (χ1n) is 10.2. The smallest absolute Gasteiger partial charge is 0.246 e. The molecular weight excluding hydrogens is 376 g/mol. The number of anilines is 1. The summed E-state index contributed by atoms with van der Waals surface area (Å²) in [5, 5.41) is 3.93. The summed E-state index contributed by atoms with van der Waals surface area (Å²) in [6.07, 6.45) is 6.16. The lowest BCUT2D eigenvalue weighted by Gasteiger charge is -2.24. The zero-order valence-electron chi connectivity index (χ0n) is 17.7. The Balaban J connectivity index is 1.53. The number of fused-ring (bicyclic) bond motifs is 2. The van der Waals surface area contributed by atoms with Crippen molar-refractivity contribution in [2.45, 2.75) is 39.7 Å². The fraction of sp³-hybridized carbons (Fsp3) is 0.292. The van der Waals surface area contributed by atoms with E-state index in [4.69, 9.17) is 0 Å². The number of benzene rings is 1. The van der Waals surface area contributed by atoms with E-state index < -0.39 is 0 Å². The van der Waals surface area contributed by atoms with Crippen LogP contribution in [0.2, 0.25) is 0 Å². The predicted molar refractivity (Wildman–Crippen MR) is 119 cm³/mol. The van der Waals surface area contributed by atoms with Crippen LogP contribution in [0.3, 0.4) is 0 Å². The van der Waals surface area contributed by atoms with Crippen LogP contribution in [0.5, 0.6) is 0 Å².